The van der Waals surface area contributed by atoms with E-state index in [0.717, 1.165) is 11.0 Å². The van der Waals surface area contributed by atoms with Crippen LogP contribution < -0.4 is 5.32 Å². The first-order chi connectivity index (χ1) is 11.4. The maximum absolute atomic E-state index is 3.93. The largest absolute Gasteiger partial charge is 0.314 e. The Balaban J connectivity index is 4.05. The Hall–Kier alpha value is -0.0800. The highest BCUT2D eigenvalue weighted by Gasteiger charge is 2.40. The number of nitrogens with one attached hydrogen (secondary N) is 1. The van der Waals surface area contributed by atoms with Crippen LogP contribution in [0.25, 0.3) is 0 Å². The van der Waals surface area contributed by atoms with Gasteiger partial charge in [0.1, 0.15) is 0 Å². The van der Waals surface area contributed by atoms with Crippen LogP contribution in [0.3, 0.4) is 0 Å². The SMILES string of the molecule is CCCCCCCCCCCCC(CCC)(NCCC)[N+](C)(C)C. The van der Waals surface area contributed by atoms with E-state index < -0.39 is 0 Å². The molecule has 0 aromatic heterocycles. The molecular formula is C22H49N2+. The third-order valence-electron chi connectivity index (χ3n) is 5.60. The van der Waals surface area contributed by atoms with Crippen LogP contribution in [0.1, 0.15) is 111 Å². The van der Waals surface area contributed by atoms with Gasteiger partial charge in [0.2, 0.25) is 0 Å². The summed E-state index contributed by atoms with van der Waals surface area (Å²) in [5.74, 6) is 0. The molecule has 0 aliphatic heterocycles. The normalized spacial score (nSPS) is 14.8. The molecule has 0 fully saturated rings. The Kier molecular flexibility index (Phi) is 14.1. The molecule has 24 heavy (non-hydrogen) atoms. The second-order valence-corrected chi connectivity index (χ2v) is 8.65. The molecule has 1 N–H and O–H groups in total. The van der Waals surface area contributed by atoms with E-state index in [0.29, 0.717) is 0 Å². The van der Waals surface area contributed by atoms with Crippen molar-refractivity contribution in [2.45, 2.75) is 116 Å². The topological polar surface area (TPSA) is 12.0 Å². The quantitative estimate of drug-likeness (QED) is 0.181. The molecule has 0 rings (SSSR count). The summed E-state index contributed by atoms with van der Waals surface area (Å²) in [6.45, 7) is 8.05. The Bertz CT molecular complexity index is 270. The van der Waals surface area contributed by atoms with E-state index in [4.69, 9.17) is 0 Å². The predicted molar refractivity (Wildman–Crippen MR) is 110 cm³/mol. The highest BCUT2D eigenvalue weighted by Crippen LogP contribution is 2.28. The Morgan fingerprint density at radius 1 is 0.583 bits per heavy atom. The number of quaternary nitrogens is 1. The Labute approximate surface area is 154 Å². The molecule has 0 aliphatic rings. The van der Waals surface area contributed by atoms with E-state index in [2.05, 4.69) is 47.2 Å². The summed E-state index contributed by atoms with van der Waals surface area (Å²) in [7, 11) is 7.11. The smallest absolute Gasteiger partial charge is 0.152 e. The number of hydrogen-bond donors (Lipinski definition) is 1. The number of unbranched alkanes of at least 4 members (excludes halogenated alkanes) is 9. The van der Waals surface area contributed by atoms with Crippen molar-refractivity contribution in [1.29, 1.82) is 0 Å². The number of nitrogens with zero attached hydrogens (tertiary/aromatic N) is 1. The molecule has 0 aromatic carbocycles. The minimum absolute atomic E-state index is 0.269. The number of rotatable bonds is 17. The molecule has 0 aromatic rings. The first kappa shape index (κ1) is 23.9. The predicted octanol–water partition coefficient (Wildman–Crippen LogP) is 6.50. The van der Waals surface area contributed by atoms with Crippen LogP contribution in [0.15, 0.2) is 0 Å². The standard InChI is InChI=1S/C22H49N2/c1-7-10-11-12-13-14-15-16-17-18-20-22(19-8-2,23-21-9-3)24(4,5)6/h23H,7-21H2,1-6H3/q+1. The van der Waals surface area contributed by atoms with Crippen LogP contribution in [0.4, 0.5) is 0 Å². The first-order valence-corrected chi connectivity index (χ1v) is 11.0. The van der Waals surface area contributed by atoms with E-state index >= 15 is 0 Å². The molecule has 0 saturated heterocycles. The molecule has 0 amide bonds. The van der Waals surface area contributed by atoms with Crippen molar-refractivity contribution in [3.63, 3.8) is 0 Å². The number of hydrogen-bond acceptors (Lipinski definition) is 1. The van der Waals surface area contributed by atoms with Crippen molar-refractivity contribution in [3.05, 3.63) is 0 Å². The van der Waals surface area contributed by atoms with E-state index in [1.807, 2.05) is 0 Å². The molecule has 2 nitrogen and oxygen atoms in total. The van der Waals surface area contributed by atoms with Crippen molar-refractivity contribution in [2.24, 2.45) is 0 Å². The highest BCUT2D eigenvalue weighted by atomic mass is 15.4. The maximum atomic E-state index is 3.93. The van der Waals surface area contributed by atoms with Crippen molar-refractivity contribution in [1.82, 2.24) is 5.32 Å². The minimum atomic E-state index is 0.269. The van der Waals surface area contributed by atoms with Crippen molar-refractivity contribution >= 4 is 0 Å². The van der Waals surface area contributed by atoms with Gasteiger partial charge in [-0.15, -0.1) is 0 Å². The fraction of sp³-hybridized carbons (Fsp3) is 1.00. The van der Waals surface area contributed by atoms with Gasteiger partial charge in [0.25, 0.3) is 0 Å². The molecular weight excluding hydrogens is 292 g/mol. The monoisotopic (exact) mass is 341 g/mol. The van der Waals surface area contributed by atoms with E-state index in [9.17, 15) is 0 Å². The van der Waals surface area contributed by atoms with E-state index in [1.54, 1.807) is 0 Å². The second kappa shape index (κ2) is 14.1. The minimum Gasteiger partial charge on any atom is -0.314 e. The summed E-state index contributed by atoms with van der Waals surface area (Å²) in [6, 6.07) is 0. The van der Waals surface area contributed by atoms with Crippen LogP contribution in [0.5, 0.6) is 0 Å². The third-order valence-corrected chi connectivity index (χ3v) is 5.60. The van der Waals surface area contributed by atoms with Gasteiger partial charge in [-0.3, -0.25) is 5.32 Å². The average molecular weight is 342 g/mol. The molecule has 1 atom stereocenters. The zero-order valence-corrected chi connectivity index (χ0v) is 18.1. The van der Waals surface area contributed by atoms with E-state index in [-0.39, 0.29) is 5.66 Å². The van der Waals surface area contributed by atoms with Gasteiger partial charge in [-0.1, -0.05) is 78.6 Å². The fourth-order valence-electron chi connectivity index (χ4n) is 3.89. The zero-order chi connectivity index (χ0) is 18.3. The lowest BCUT2D eigenvalue weighted by Gasteiger charge is -2.47. The third kappa shape index (κ3) is 10.0. The lowest BCUT2D eigenvalue weighted by molar-refractivity contribution is -0.929. The summed E-state index contributed by atoms with van der Waals surface area (Å²) >= 11 is 0. The molecule has 146 valence electrons. The van der Waals surface area contributed by atoms with Gasteiger partial charge in [-0.2, -0.15) is 0 Å². The van der Waals surface area contributed by atoms with E-state index in [1.165, 1.54) is 89.9 Å². The molecule has 0 bridgehead atoms. The molecule has 0 heterocycles. The summed E-state index contributed by atoms with van der Waals surface area (Å²) in [5.41, 5.74) is 0.269. The molecule has 0 spiro atoms. The van der Waals surface area contributed by atoms with Crippen molar-refractivity contribution in [3.8, 4) is 0 Å². The Morgan fingerprint density at radius 3 is 1.50 bits per heavy atom. The molecule has 2 heteroatoms. The first-order valence-electron chi connectivity index (χ1n) is 11.0. The summed E-state index contributed by atoms with van der Waals surface area (Å²) in [6.07, 6.45) is 19.4. The molecule has 1 unspecified atom stereocenters. The highest BCUT2D eigenvalue weighted by molar-refractivity contribution is 4.78. The zero-order valence-electron chi connectivity index (χ0n) is 18.1. The summed E-state index contributed by atoms with van der Waals surface area (Å²) in [4.78, 5) is 0. The average Bonchev–Trinajstić information content (AvgIpc) is 2.53. The van der Waals surface area contributed by atoms with Gasteiger partial charge in [0.05, 0.1) is 21.1 Å². The van der Waals surface area contributed by atoms with Crippen LogP contribution in [-0.4, -0.2) is 37.8 Å². The second-order valence-electron chi connectivity index (χ2n) is 8.65. The molecule has 0 saturated carbocycles. The van der Waals surface area contributed by atoms with Gasteiger partial charge in [0, 0.05) is 19.4 Å². The molecule has 0 aliphatic carbocycles. The maximum Gasteiger partial charge on any atom is 0.152 e. The van der Waals surface area contributed by atoms with Crippen LogP contribution >= 0.6 is 0 Å². The van der Waals surface area contributed by atoms with Gasteiger partial charge in [0.15, 0.2) is 5.66 Å². The van der Waals surface area contributed by atoms with Gasteiger partial charge < -0.3 is 4.48 Å². The fourth-order valence-corrected chi connectivity index (χ4v) is 3.89. The Morgan fingerprint density at radius 2 is 1.08 bits per heavy atom. The summed E-state index contributed by atoms with van der Waals surface area (Å²) in [5, 5.41) is 3.93. The van der Waals surface area contributed by atoms with Crippen LogP contribution in [-0.2, 0) is 0 Å². The van der Waals surface area contributed by atoms with Gasteiger partial charge >= 0.3 is 0 Å². The van der Waals surface area contributed by atoms with Gasteiger partial charge in [-0.05, 0) is 19.3 Å². The summed E-state index contributed by atoms with van der Waals surface area (Å²) < 4.78 is 1.04. The van der Waals surface area contributed by atoms with Crippen LogP contribution in [0.2, 0.25) is 0 Å². The lowest BCUT2D eigenvalue weighted by atomic mass is 9.92. The van der Waals surface area contributed by atoms with Crippen molar-refractivity contribution < 1.29 is 4.48 Å². The van der Waals surface area contributed by atoms with Crippen LogP contribution in [0, 0.1) is 0 Å². The van der Waals surface area contributed by atoms with Crippen molar-refractivity contribution in [2.75, 3.05) is 27.7 Å². The lowest BCUT2D eigenvalue weighted by Crippen LogP contribution is -2.65. The van der Waals surface area contributed by atoms with Gasteiger partial charge in [-0.25, -0.2) is 0 Å². The molecule has 0 radical (unpaired) electrons.